The molecule has 1 unspecified atom stereocenters. The zero-order valence-electron chi connectivity index (χ0n) is 10.0. The maximum atomic E-state index is 11.8. The number of amides is 1. The van der Waals surface area contributed by atoms with Crippen LogP contribution in [0.25, 0.3) is 0 Å². The molecule has 18 heavy (non-hydrogen) atoms. The molecule has 2 heterocycles. The van der Waals surface area contributed by atoms with Crippen molar-refractivity contribution >= 4 is 36.5 Å². The van der Waals surface area contributed by atoms with E-state index >= 15 is 0 Å². The highest BCUT2D eigenvalue weighted by Crippen LogP contribution is 2.05. The van der Waals surface area contributed by atoms with Crippen LogP contribution >= 0.6 is 24.8 Å². The Hall–Kier alpha value is -0.880. The number of carbonyl (C=O) groups excluding carboxylic acids is 1. The summed E-state index contributed by atoms with van der Waals surface area (Å²) in [4.78, 5) is 16.0. The fourth-order valence-corrected chi connectivity index (χ4v) is 1.56. The number of aryl methyl sites for hydroxylation is 1. The van der Waals surface area contributed by atoms with Gasteiger partial charge >= 0.3 is 0 Å². The molecular weight excluding hydrogens is 277 g/mol. The van der Waals surface area contributed by atoms with Gasteiger partial charge in [0.1, 0.15) is 11.9 Å². The number of morpholine rings is 1. The van der Waals surface area contributed by atoms with Crippen LogP contribution in [-0.2, 0) is 9.53 Å². The van der Waals surface area contributed by atoms with E-state index < -0.39 is 0 Å². The number of nitrogens with zero attached hydrogens (tertiary/aromatic N) is 1. The number of carbonyl (C=O) groups is 1. The van der Waals surface area contributed by atoms with E-state index in [1.807, 2.05) is 19.1 Å². The van der Waals surface area contributed by atoms with E-state index in [9.17, 15) is 4.79 Å². The van der Waals surface area contributed by atoms with E-state index in [1.165, 1.54) is 0 Å². The first kappa shape index (κ1) is 17.1. The van der Waals surface area contributed by atoms with Gasteiger partial charge in [0.15, 0.2) is 0 Å². The molecule has 1 saturated heterocycles. The number of hydrogen-bond acceptors (Lipinski definition) is 4. The van der Waals surface area contributed by atoms with Gasteiger partial charge in [-0.1, -0.05) is 6.07 Å². The Kier molecular flexibility index (Phi) is 7.86. The van der Waals surface area contributed by atoms with Crippen molar-refractivity contribution in [3.8, 4) is 0 Å². The average Bonchev–Trinajstić information content (AvgIpc) is 2.30. The Labute approximate surface area is 119 Å². The van der Waals surface area contributed by atoms with Gasteiger partial charge in [-0.15, -0.1) is 24.8 Å². The minimum atomic E-state index is -0.281. The van der Waals surface area contributed by atoms with Gasteiger partial charge < -0.3 is 15.4 Å². The first-order valence-electron chi connectivity index (χ1n) is 5.31. The molecule has 0 aromatic carbocycles. The lowest BCUT2D eigenvalue weighted by Gasteiger charge is -2.22. The zero-order valence-corrected chi connectivity index (χ0v) is 11.6. The summed E-state index contributed by atoms with van der Waals surface area (Å²) < 4.78 is 5.22. The van der Waals surface area contributed by atoms with Crippen LogP contribution in [0.1, 0.15) is 5.69 Å². The summed E-state index contributed by atoms with van der Waals surface area (Å²) in [5, 5.41) is 5.85. The van der Waals surface area contributed by atoms with Crippen LogP contribution in [0.15, 0.2) is 18.2 Å². The summed E-state index contributed by atoms with van der Waals surface area (Å²) in [5.74, 6) is 0.482. The van der Waals surface area contributed by atoms with E-state index in [2.05, 4.69) is 15.6 Å². The fraction of sp³-hybridized carbons (Fsp3) is 0.455. The van der Waals surface area contributed by atoms with E-state index in [-0.39, 0.29) is 36.8 Å². The molecule has 5 nitrogen and oxygen atoms in total. The number of nitrogens with one attached hydrogen (secondary N) is 2. The number of pyridine rings is 1. The first-order valence-corrected chi connectivity index (χ1v) is 5.31. The van der Waals surface area contributed by atoms with Crippen LogP contribution in [-0.4, -0.2) is 36.7 Å². The molecule has 102 valence electrons. The van der Waals surface area contributed by atoms with Crippen LogP contribution in [0.5, 0.6) is 0 Å². The van der Waals surface area contributed by atoms with E-state index in [4.69, 9.17) is 4.74 Å². The summed E-state index contributed by atoms with van der Waals surface area (Å²) in [6.07, 6.45) is 0. The van der Waals surface area contributed by atoms with Gasteiger partial charge in [0.05, 0.1) is 13.2 Å². The second-order valence-corrected chi connectivity index (χ2v) is 3.74. The van der Waals surface area contributed by atoms with E-state index in [0.717, 1.165) is 5.69 Å². The van der Waals surface area contributed by atoms with Gasteiger partial charge in [-0.05, 0) is 19.1 Å². The molecule has 1 amide bonds. The van der Waals surface area contributed by atoms with Crippen molar-refractivity contribution in [2.75, 3.05) is 25.1 Å². The lowest BCUT2D eigenvalue weighted by atomic mass is 10.2. The van der Waals surface area contributed by atoms with Gasteiger partial charge in [0, 0.05) is 12.2 Å². The standard InChI is InChI=1S/C11H15N3O2.2ClH/c1-8-3-2-4-10(13-8)14-11(15)9-7-16-6-5-12-9;;/h2-4,9,12H,5-7H2,1H3,(H,13,14,15);2*1H. The summed E-state index contributed by atoms with van der Waals surface area (Å²) in [6.45, 7) is 3.67. The molecule has 1 aliphatic rings. The zero-order chi connectivity index (χ0) is 11.4. The van der Waals surface area contributed by atoms with Crippen LogP contribution < -0.4 is 10.6 Å². The third-order valence-electron chi connectivity index (χ3n) is 2.38. The molecule has 2 N–H and O–H groups in total. The average molecular weight is 294 g/mol. The Morgan fingerprint density at radius 1 is 1.50 bits per heavy atom. The topological polar surface area (TPSA) is 63.2 Å². The third-order valence-corrected chi connectivity index (χ3v) is 2.38. The minimum absolute atomic E-state index is 0. The van der Waals surface area contributed by atoms with Gasteiger partial charge in [-0.25, -0.2) is 4.98 Å². The smallest absolute Gasteiger partial charge is 0.245 e. The lowest BCUT2D eigenvalue weighted by molar-refractivity contribution is -0.120. The molecule has 1 atom stereocenters. The molecule has 0 spiro atoms. The number of rotatable bonds is 2. The second-order valence-electron chi connectivity index (χ2n) is 3.74. The van der Waals surface area contributed by atoms with Gasteiger partial charge in [0.2, 0.25) is 5.91 Å². The van der Waals surface area contributed by atoms with Gasteiger partial charge in [-0.2, -0.15) is 0 Å². The van der Waals surface area contributed by atoms with E-state index in [1.54, 1.807) is 6.07 Å². The molecule has 1 aromatic heterocycles. The SMILES string of the molecule is Cc1cccc(NC(=O)C2COCCN2)n1.Cl.Cl. The fourth-order valence-electron chi connectivity index (χ4n) is 1.56. The van der Waals surface area contributed by atoms with E-state index in [0.29, 0.717) is 25.6 Å². The Bertz CT molecular complexity index is 384. The molecule has 1 aromatic rings. The minimum Gasteiger partial charge on any atom is -0.378 e. The predicted molar refractivity (Wildman–Crippen MR) is 74.7 cm³/mol. The summed E-state index contributed by atoms with van der Waals surface area (Å²) in [5.41, 5.74) is 0.880. The maximum absolute atomic E-state index is 11.8. The van der Waals surface area contributed by atoms with Crippen molar-refractivity contribution < 1.29 is 9.53 Å². The number of aromatic nitrogens is 1. The summed E-state index contributed by atoms with van der Waals surface area (Å²) >= 11 is 0. The van der Waals surface area contributed by atoms with Crippen molar-refractivity contribution in [2.45, 2.75) is 13.0 Å². The first-order chi connectivity index (χ1) is 7.75. The predicted octanol–water partition coefficient (Wildman–Crippen LogP) is 1.16. The Balaban J connectivity index is 0.00000144. The van der Waals surface area contributed by atoms with Crippen LogP contribution in [0.2, 0.25) is 0 Å². The van der Waals surface area contributed by atoms with Crippen LogP contribution in [0.4, 0.5) is 5.82 Å². The highest BCUT2D eigenvalue weighted by atomic mass is 35.5. The Morgan fingerprint density at radius 2 is 2.28 bits per heavy atom. The normalized spacial score (nSPS) is 18.2. The van der Waals surface area contributed by atoms with Crippen molar-refractivity contribution in [3.63, 3.8) is 0 Å². The monoisotopic (exact) mass is 293 g/mol. The second kappa shape index (κ2) is 8.26. The van der Waals surface area contributed by atoms with Crippen molar-refractivity contribution in [1.29, 1.82) is 0 Å². The Morgan fingerprint density at radius 3 is 2.89 bits per heavy atom. The largest absolute Gasteiger partial charge is 0.378 e. The number of ether oxygens (including phenoxy) is 1. The van der Waals surface area contributed by atoms with Crippen molar-refractivity contribution in [3.05, 3.63) is 23.9 Å². The van der Waals surface area contributed by atoms with Crippen LogP contribution in [0, 0.1) is 6.92 Å². The molecule has 0 aliphatic carbocycles. The van der Waals surface area contributed by atoms with Gasteiger partial charge in [0.25, 0.3) is 0 Å². The van der Waals surface area contributed by atoms with Crippen LogP contribution in [0.3, 0.4) is 0 Å². The highest BCUT2D eigenvalue weighted by Gasteiger charge is 2.21. The highest BCUT2D eigenvalue weighted by molar-refractivity contribution is 5.94. The van der Waals surface area contributed by atoms with Crippen molar-refractivity contribution in [2.24, 2.45) is 0 Å². The quantitative estimate of drug-likeness (QED) is 0.859. The molecule has 2 rings (SSSR count). The molecule has 0 radical (unpaired) electrons. The molecule has 1 fully saturated rings. The molecule has 0 bridgehead atoms. The van der Waals surface area contributed by atoms with Gasteiger partial charge in [-0.3, -0.25) is 4.79 Å². The molecule has 1 aliphatic heterocycles. The third kappa shape index (κ3) is 4.78. The lowest BCUT2D eigenvalue weighted by Crippen LogP contribution is -2.48. The molecule has 0 saturated carbocycles. The molecule has 7 heteroatoms. The number of hydrogen-bond donors (Lipinski definition) is 2. The summed E-state index contributed by atoms with van der Waals surface area (Å²) in [6, 6.07) is 5.24. The number of anilines is 1. The number of halogens is 2. The summed E-state index contributed by atoms with van der Waals surface area (Å²) in [7, 11) is 0. The maximum Gasteiger partial charge on any atom is 0.245 e. The van der Waals surface area contributed by atoms with Crippen molar-refractivity contribution in [1.82, 2.24) is 10.3 Å². The molecular formula is C11H17Cl2N3O2.